The molecule has 1 rings (SSSR count). The molecule has 0 aromatic heterocycles. The smallest absolute Gasteiger partial charge is 0.0630 e. The van der Waals surface area contributed by atoms with Gasteiger partial charge in [-0.25, -0.2) is 0 Å². The van der Waals surface area contributed by atoms with Crippen LogP contribution in [0, 0.1) is 0 Å². The fraction of sp³-hybridized carbons (Fsp3) is 0.625. The van der Waals surface area contributed by atoms with Gasteiger partial charge in [0.25, 0.3) is 0 Å². The molecule has 108 valence electrons. The number of ether oxygens (including phenoxy) is 1. The van der Waals surface area contributed by atoms with Crippen molar-refractivity contribution in [2.24, 2.45) is 0 Å². The molecule has 0 fully saturated rings. The van der Waals surface area contributed by atoms with E-state index >= 15 is 0 Å². The molecule has 1 unspecified atom stereocenters. The van der Waals surface area contributed by atoms with Crippen LogP contribution >= 0.6 is 0 Å². The van der Waals surface area contributed by atoms with Crippen molar-refractivity contribution in [1.82, 2.24) is 10.2 Å². The summed E-state index contributed by atoms with van der Waals surface area (Å²) >= 11 is 0. The Morgan fingerprint density at radius 1 is 1.21 bits per heavy atom. The van der Waals surface area contributed by atoms with Crippen LogP contribution in [0.4, 0.5) is 0 Å². The van der Waals surface area contributed by atoms with Crippen molar-refractivity contribution in [3.63, 3.8) is 0 Å². The average molecular weight is 264 g/mol. The topological polar surface area (TPSA) is 24.5 Å². The first-order chi connectivity index (χ1) is 9.31. The van der Waals surface area contributed by atoms with Crippen LogP contribution in [0.25, 0.3) is 0 Å². The van der Waals surface area contributed by atoms with Gasteiger partial charge >= 0.3 is 0 Å². The van der Waals surface area contributed by atoms with Crippen LogP contribution in [0.2, 0.25) is 0 Å². The van der Waals surface area contributed by atoms with Gasteiger partial charge in [-0.1, -0.05) is 44.2 Å². The quantitative estimate of drug-likeness (QED) is 0.657. The summed E-state index contributed by atoms with van der Waals surface area (Å²) in [5.41, 5.74) is 1.36. The van der Waals surface area contributed by atoms with Crippen molar-refractivity contribution < 1.29 is 4.74 Å². The molecule has 0 amide bonds. The predicted molar refractivity (Wildman–Crippen MR) is 81.4 cm³/mol. The molecule has 1 N–H and O–H groups in total. The Morgan fingerprint density at radius 2 is 1.95 bits per heavy atom. The van der Waals surface area contributed by atoms with E-state index in [1.54, 1.807) is 7.11 Å². The van der Waals surface area contributed by atoms with Gasteiger partial charge < -0.3 is 10.1 Å². The third-order valence-electron chi connectivity index (χ3n) is 3.32. The van der Waals surface area contributed by atoms with Crippen LogP contribution in [0.5, 0.6) is 0 Å². The second-order valence-corrected chi connectivity index (χ2v) is 4.86. The number of methoxy groups -OCH3 is 1. The van der Waals surface area contributed by atoms with Gasteiger partial charge in [0.1, 0.15) is 0 Å². The van der Waals surface area contributed by atoms with Gasteiger partial charge in [0.2, 0.25) is 0 Å². The second kappa shape index (κ2) is 9.96. The first kappa shape index (κ1) is 16.2. The highest BCUT2D eigenvalue weighted by Crippen LogP contribution is 2.08. The Kier molecular flexibility index (Phi) is 8.47. The molecule has 0 saturated heterocycles. The largest absolute Gasteiger partial charge is 0.383 e. The Bertz CT molecular complexity index is 316. The third-order valence-corrected chi connectivity index (χ3v) is 3.32. The van der Waals surface area contributed by atoms with Gasteiger partial charge in [0.05, 0.1) is 6.61 Å². The minimum atomic E-state index is 0.432. The molecule has 0 aliphatic carbocycles. The minimum absolute atomic E-state index is 0.432. The summed E-state index contributed by atoms with van der Waals surface area (Å²) < 4.78 is 5.37. The molecule has 0 radical (unpaired) electrons. The molecular weight excluding hydrogens is 236 g/mol. The molecule has 0 spiro atoms. The zero-order valence-electron chi connectivity index (χ0n) is 12.6. The van der Waals surface area contributed by atoms with E-state index < -0.39 is 0 Å². The molecule has 0 aliphatic heterocycles. The maximum Gasteiger partial charge on any atom is 0.0630 e. The monoisotopic (exact) mass is 264 g/mol. The summed E-state index contributed by atoms with van der Waals surface area (Å²) in [5, 5.41) is 3.50. The van der Waals surface area contributed by atoms with E-state index in [1.807, 2.05) is 0 Å². The van der Waals surface area contributed by atoms with E-state index in [0.29, 0.717) is 6.04 Å². The molecule has 1 atom stereocenters. The Hall–Kier alpha value is -0.900. The Labute approximate surface area is 118 Å². The summed E-state index contributed by atoms with van der Waals surface area (Å²) in [7, 11) is 1.78. The molecule has 19 heavy (non-hydrogen) atoms. The normalized spacial score (nSPS) is 12.8. The number of nitrogens with zero attached hydrogens (tertiary/aromatic N) is 1. The maximum absolute atomic E-state index is 5.37. The van der Waals surface area contributed by atoms with Gasteiger partial charge in [-0.15, -0.1) is 0 Å². The molecule has 0 heterocycles. The lowest BCUT2D eigenvalue weighted by molar-refractivity contribution is 0.0879. The van der Waals surface area contributed by atoms with Crippen LogP contribution in [0.15, 0.2) is 30.3 Å². The van der Waals surface area contributed by atoms with E-state index in [1.165, 1.54) is 12.0 Å². The zero-order valence-corrected chi connectivity index (χ0v) is 12.6. The molecule has 1 aromatic carbocycles. The van der Waals surface area contributed by atoms with Crippen LogP contribution in [0.1, 0.15) is 25.8 Å². The van der Waals surface area contributed by atoms with Gasteiger partial charge in [-0.2, -0.15) is 0 Å². The van der Waals surface area contributed by atoms with E-state index in [4.69, 9.17) is 4.74 Å². The SMILES string of the molecule is CCCNCC(COC)N(CC)Cc1ccccc1. The molecule has 1 aromatic rings. The first-order valence-electron chi connectivity index (χ1n) is 7.29. The van der Waals surface area contributed by atoms with Crippen molar-refractivity contribution in [3.8, 4) is 0 Å². The molecule has 0 saturated carbocycles. The van der Waals surface area contributed by atoms with E-state index in [0.717, 1.165) is 32.8 Å². The van der Waals surface area contributed by atoms with E-state index in [-0.39, 0.29) is 0 Å². The minimum Gasteiger partial charge on any atom is -0.383 e. The summed E-state index contributed by atoms with van der Waals surface area (Å²) in [6.07, 6.45) is 1.17. The summed E-state index contributed by atoms with van der Waals surface area (Å²) in [6, 6.07) is 11.1. The predicted octanol–water partition coefficient (Wildman–Crippen LogP) is 2.52. The Morgan fingerprint density at radius 3 is 2.53 bits per heavy atom. The van der Waals surface area contributed by atoms with Crippen molar-refractivity contribution in [2.75, 3.05) is 33.4 Å². The van der Waals surface area contributed by atoms with Gasteiger partial charge in [0, 0.05) is 26.2 Å². The fourth-order valence-corrected chi connectivity index (χ4v) is 2.25. The lowest BCUT2D eigenvalue weighted by atomic mass is 10.1. The standard InChI is InChI=1S/C16H28N2O/c1-4-11-17-12-16(14-19-3)18(5-2)13-15-9-7-6-8-10-15/h6-10,16-17H,4-5,11-14H2,1-3H3. The van der Waals surface area contributed by atoms with Gasteiger partial charge in [-0.3, -0.25) is 4.90 Å². The van der Waals surface area contributed by atoms with E-state index in [2.05, 4.69) is 54.4 Å². The molecule has 0 bridgehead atoms. The second-order valence-electron chi connectivity index (χ2n) is 4.86. The van der Waals surface area contributed by atoms with Crippen molar-refractivity contribution in [1.29, 1.82) is 0 Å². The highest BCUT2D eigenvalue weighted by Gasteiger charge is 2.16. The lowest BCUT2D eigenvalue weighted by Gasteiger charge is -2.30. The molecule has 3 heteroatoms. The van der Waals surface area contributed by atoms with Gasteiger partial charge in [0.15, 0.2) is 0 Å². The fourth-order valence-electron chi connectivity index (χ4n) is 2.25. The third kappa shape index (κ3) is 6.19. The van der Waals surface area contributed by atoms with Crippen molar-refractivity contribution in [2.45, 2.75) is 32.9 Å². The van der Waals surface area contributed by atoms with Crippen LogP contribution in [-0.4, -0.2) is 44.3 Å². The summed E-state index contributed by atoms with van der Waals surface area (Å²) in [5.74, 6) is 0. The maximum atomic E-state index is 5.37. The molecule has 3 nitrogen and oxygen atoms in total. The zero-order chi connectivity index (χ0) is 13.9. The number of benzene rings is 1. The molecule has 0 aliphatic rings. The highest BCUT2D eigenvalue weighted by molar-refractivity contribution is 5.14. The number of hydrogen-bond acceptors (Lipinski definition) is 3. The summed E-state index contributed by atoms with van der Waals surface area (Å²) in [6.45, 7) is 9.27. The first-order valence-corrected chi connectivity index (χ1v) is 7.29. The molecular formula is C16H28N2O. The summed E-state index contributed by atoms with van der Waals surface area (Å²) in [4.78, 5) is 2.47. The number of nitrogens with one attached hydrogen (secondary N) is 1. The van der Waals surface area contributed by atoms with Crippen molar-refractivity contribution in [3.05, 3.63) is 35.9 Å². The van der Waals surface area contributed by atoms with E-state index in [9.17, 15) is 0 Å². The number of hydrogen-bond donors (Lipinski definition) is 1. The van der Waals surface area contributed by atoms with Gasteiger partial charge in [-0.05, 0) is 25.1 Å². The lowest BCUT2D eigenvalue weighted by Crippen LogP contribution is -2.44. The van der Waals surface area contributed by atoms with Crippen LogP contribution in [-0.2, 0) is 11.3 Å². The highest BCUT2D eigenvalue weighted by atomic mass is 16.5. The van der Waals surface area contributed by atoms with Crippen LogP contribution in [0.3, 0.4) is 0 Å². The van der Waals surface area contributed by atoms with Crippen LogP contribution < -0.4 is 5.32 Å². The van der Waals surface area contributed by atoms with Crippen molar-refractivity contribution >= 4 is 0 Å². The average Bonchev–Trinajstić information content (AvgIpc) is 2.45. The number of likely N-dealkylation sites (N-methyl/N-ethyl adjacent to an activating group) is 1. The number of rotatable bonds is 10. The Balaban J connectivity index is 2.56.